The summed E-state index contributed by atoms with van der Waals surface area (Å²) in [7, 11) is 1.99. The predicted molar refractivity (Wildman–Crippen MR) is 59.8 cm³/mol. The summed E-state index contributed by atoms with van der Waals surface area (Å²) in [5.41, 5.74) is 2.26. The molecule has 84 valence electrons. The third-order valence-electron chi connectivity index (χ3n) is 2.49. The summed E-state index contributed by atoms with van der Waals surface area (Å²) in [5, 5.41) is 0. The van der Waals surface area contributed by atoms with E-state index >= 15 is 0 Å². The van der Waals surface area contributed by atoms with Gasteiger partial charge in [-0.15, -0.1) is 0 Å². The van der Waals surface area contributed by atoms with Crippen LogP contribution in [0.25, 0.3) is 0 Å². The topological polar surface area (TPSA) is 31.2 Å². The number of esters is 1. The maximum atomic E-state index is 11.3. The van der Waals surface area contributed by atoms with Crippen LogP contribution in [0, 0.1) is 0 Å². The lowest BCUT2D eigenvalue weighted by Gasteiger charge is -2.09. The Morgan fingerprint density at radius 1 is 1.47 bits per heavy atom. The molecule has 1 aromatic heterocycles. The number of carbonyl (C=O) groups is 1. The summed E-state index contributed by atoms with van der Waals surface area (Å²) in [4.78, 5) is 11.3. The Hall–Kier alpha value is -1.25. The molecule has 0 bridgehead atoms. The van der Waals surface area contributed by atoms with Crippen LogP contribution in [0.2, 0.25) is 0 Å². The largest absolute Gasteiger partial charge is 0.466 e. The zero-order valence-electron chi connectivity index (χ0n) is 9.91. The van der Waals surface area contributed by atoms with E-state index in [9.17, 15) is 4.79 Å². The van der Waals surface area contributed by atoms with Crippen LogP contribution in [0.3, 0.4) is 0 Å². The molecule has 15 heavy (non-hydrogen) atoms. The minimum absolute atomic E-state index is 0.158. The van der Waals surface area contributed by atoms with Crippen molar-refractivity contribution < 1.29 is 9.53 Å². The van der Waals surface area contributed by atoms with Crippen LogP contribution < -0.4 is 0 Å². The van der Waals surface area contributed by atoms with Crippen molar-refractivity contribution >= 4 is 5.97 Å². The third-order valence-corrected chi connectivity index (χ3v) is 2.49. The average Bonchev–Trinajstić information content (AvgIpc) is 2.48. The van der Waals surface area contributed by atoms with Crippen LogP contribution >= 0.6 is 0 Å². The fraction of sp³-hybridized carbons (Fsp3) is 0.583. The van der Waals surface area contributed by atoms with Gasteiger partial charge in [0.25, 0.3) is 0 Å². The normalized spacial score (nSPS) is 10.7. The molecule has 0 saturated carbocycles. The first-order valence-electron chi connectivity index (χ1n) is 5.36. The summed E-state index contributed by atoms with van der Waals surface area (Å²) in [6.45, 7) is 6.55. The first kappa shape index (κ1) is 11.8. The summed E-state index contributed by atoms with van der Waals surface area (Å²) < 4.78 is 6.99. The third kappa shape index (κ3) is 2.85. The van der Waals surface area contributed by atoms with E-state index in [4.69, 9.17) is 4.74 Å². The highest BCUT2D eigenvalue weighted by Crippen LogP contribution is 2.17. The van der Waals surface area contributed by atoms with Crippen molar-refractivity contribution in [3.05, 3.63) is 23.5 Å². The molecule has 1 heterocycles. The second-order valence-corrected chi connectivity index (χ2v) is 3.95. The van der Waals surface area contributed by atoms with Crippen molar-refractivity contribution in [3.63, 3.8) is 0 Å². The monoisotopic (exact) mass is 209 g/mol. The van der Waals surface area contributed by atoms with E-state index in [-0.39, 0.29) is 5.97 Å². The van der Waals surface area contributed by atoms with Gasteiger partial charge < -0.3 is 9.30 Å². The molecule has 0 saturated heterocycles. The fourth-order valence-electron chi connectivity index (χ4n) is 1.69. The van der Waals surface area contributed by atoms with E-state index < -0.39 is 0 Å². The Morgan fingerprint density at radius 3 is 2.60 bits per heavy atom. The molecule has 0 N–H and O–H groups in total. The maximum Gasteiger partial charge on any atom is 0.311 e. The molecule has 0 aromatic carbocycles. The number of nitrogens with zero attached hydrogens (tertiary/aromatic N) is 1. The Labute approximate surface area is 91.0 Å². The second-order valence-electron chi connectivity index (χ2n) is 3.95. The van der Waals surface area contributed by atoms with Gasteiger partial charge in [-0.25, -0.2) is 0 Å². The lowest BCUT2D eigenvalue weighted by molar-refractivity contribution is -0.142. The highest BCUT2D eigenvalue weighted by Gasteiger charge is 2.11. The van der Waals surface area contributed by atoms with Crippen LogP contribution in [0.15, 0.2) is 12.1 Å². The van der Waals surface area contributed by atoms with E-state index in [0.29, 0.717) is 18.9 Å². The van der Waals surface area contributed by atoms with Crippen molar-refractivity contribution in [2.45, 2.75) is 33.1 Å². The summed E-state index contributed by atoms with van der Waals surface area (Å²) in [6.07, 6.45) is 0.358. The molecular weight excluding hydrogens is 190 g/mol. The first-order valence-corrected chi connectivity index (χ1v) is 5.36. The fourth-order valence-corrected chi connectivity index (χ4v) is 1.69. The summed E-state index contributed by atoms with van der Waals surface area (Å²) >= 11 is 0. The second kappa shape index (κ2) is 5.01. The van der Waals surface area contributed by atoms with Crippen LogP contribution in [0.4, 0.5) is 0 Å². The molecule has 1 aromatic rings. The van der Waals surface area contributed by atoms with Crippen molar-refractivity contribution in [2.24, 2.45) is 7.05 Å². The zero-order chi connectivity index (χ0) is 11.4. The quantitative estimate of drug-likeness (QED) is 0.712. The smallest absolute Gasteiger partial charge is 0.311 e. The van der Waals surface area contributed by atoms with E-state index in [1.807, 2.05) is 20.0 Å². The number of ether oxygens (including phenoxy) is 1. The van der Waals surface area contributed by atoms with E-state index in [2.05, 4.69) is 24.5 Å². The van der Waals surface area contributed by atoms with Gasteiger partial charge in [0, 0.05) is 18.4 Å². The lowest BCUT2D eigenvalue weighted by atomic mass is 10.1. The average molecular weight is 209 g/mol. The molecule has 0 unspecified atom stereocenters. The Morgan fingerprint density at radius 2 is 2.13 bits per heavy atom. The van der Waals surface area contributed by atoms with Gasteiger partial charge in [-0.05, 0) is 25.0 Å². The van der Waals surface area contributed by atoms with Crippen LogP contribution in [0.1, 0.15) is 38.1 Å². The number of hydrogen-bond acceptors (Lipinski definition) is 2. The molecule has 1 rings (SSSR count). The molecule has 0 spiro atoms. The first-order chi connectivity index (χ1) is 7.06. The number of carbonyl (C=O) groups excluding carboxylic acids is 1. The molecule has 3 heteroatoms. The van der Waals surface area contributed by atoms with Crippen LogP contribution in [-0.2, 0) is 23.0 Å². The Kier molecular flexibility index (Phi) is 3.95. The van der Waals surface area contributed by atoms with Gasteiger partial charge in [0.1, 0.15) is 0 Å². The van der Waals surface area contributed by atoms with Gasteiger partial charge in [0.15, 0.2) is 0 Å². The van der Waals surface area contributed by atoms with E-state index in [0.717, 1.165) is 5.69 Å². The minimum atomic E-state index is -0.158. The Bertz CT molecular complexity index is 339. The standard InChI is InChI=1S/C12H19NO2/c1-5-15-12(14)8-10-6-7-11(9(2)3)13(10)4/h6-7,9H,5,8H2,1-4H3. The van der Waals surface area contributed by atoms with Crippen molar-refractivity contribution in [1.82, 2.24) is 4.57 Å². The lowest BCUT2D eigenvalue weighted by Crippen LogP contribution is -2.11. The van der Waals surface area contributed by atoms with Crippen molar-refractivity contribution in [1.29, 1.82) is 0 Å². The van der Waals surface area contributed by atoms with Crippen LogP contribution in [0.5, 0.6) is 0 Å². The number of hydrogen-bond donors (Lipinski definition) is 0. The van der Waals surface area contributed by atoms with Crippen LogP contribution in [-0.4, -0.2) is 17.1 Å². The van der Waals surface area contributed by atoms with Gasteiger partial charge in [0.05, 0.1) is 13.0 Å². The molecule has 0 radical (unpaired) electrons. The predicted octanol–water partition coefficient (Wildman–Crippen LogP) is 2.25. The van der Waals surface area contributed by atoms with Gasteiger partial charge in [-0.1, -0.05) is 13.8 Å². The molecule has 3 nitrogen and oxygen atoms in total. The molecule has 0 amide bonds. The molecule has 0 aliphatic rings. The van der Waals surface area contributed by atoms with Crippen molar-refractivity contribution in [3.8, 4) is 0 Å². The highest BCUT2D eigenvalue weighted by atomic mass is 16.5. The zero-order valence-corrected chi connectivity index (χ0v) is 9.91. The minimum Gasteiger partial charge on any atom is -0.466 e. The summed E-state index contributed by atoms with van der Waals surface area (Å²) in [6, 6.07) is 4.06. The van der Waals surface area contributed by atoms with E-state index in [1.165, 1.54) is 5.69 Å². The SMILES string of the molecule is CCOC(=O)Cc1ccc(C(C)C)n1C. The number of aromatic nitrogens is 1. The van der Waals surface area contributed by atoms with Gasteiger partial charge >= 0.3 is 5.97 Å². The number of rotatable bonds is 4. The maximum absolute atomic E-state index is 11.3. The summed E-state index contributed by atoms with van der Waals surface area (Å²) in [5.74, 6) is 0.319. The molecule has 0 aliphatic heterocycles. The van der Waals surface area contributed by atoms with Crippen molar-refractivity contribution in [2.75, 3.05) is 6.61 Å². The van der Waals surface area contributed by atoms with E-state index in [1.54, 1.807) is 0 Å². The highest BCUT2D eigenvalue weighted by molar-refractivity contribution is 5.72. The molecular formula is C12H19NO2. The van der Waals surface area contributed by atoms with Gasteiger partial charge in [0.2, 0.25) is 0 Å². The molecule has 0 atom stereocenters. The van der Waals surface area contributed by atoms with Gasteiger partial charge in [-0.2, -0.15) is 0 Å². The molecule has 0 aliphatic carbocycles. The molecule has 0 fully saturated rings. The van der Waals surface area contributed by atoms with Gasteiger partial charge in [-0.3, -0.25) is 4.79 Å². The Balaban J connectivity index is 2.74.